The molecular weight excluding hydrogens is 244 g/mol. The van der Waals surface area contributed by atoms with Gasteiger partial charge >= 0.3 is 5.97 Å². The number of nitrogens with zero attached hydrogens (tertiary/aromatic N) is 2. The molecule has 5 heteroatoms. The van der Waals surface area contributed by atoms with Crippen molar-refractivity contribution in [3.63, 3.8) is 0 Å². The van der Waals surface area contributed by atoms with E-state index in [1.807, 2.05) is 6.07 Å². The number of rotatable bonds is 4. The quantitative estimate of drug-likeness (QED) is 0.905. The maximum Gasteiger partial charge on any atom is 0.307 e. The fourth-order valence-corrected chi connectivity index (χ4v) is 1.57. The van der Waals surface area contributed by atoms with Gasteiger partial charge in [-0.2, -0.15) is 5.26 Å². The first kappa shape index (κ1) is 12.6. The molecule has 0 aliphatic rings. The van der Waals surface area contributed by atoms with Crippen LogP contribution < -0.4 is 4.74 Å². The van der Waals surface area contributed by atoms with Crippen molar-refractivity contribution in [2.45, 2.75) is 6.42 Å². The SMILES string of the molecule is N#Cc1ccncc1Oc1cccc(CC(=O)O)c1. The van der Waals surface area contributed by atoms with Gasteiger partial charge in [-0.05, 0) is 23.8 Å². The van der Waals surface area contributed by atoms with Crippen LogP contribution in [-0.4, -0.2) is 16.1 Å². The average Bonchev–Trinajstić information content (AvgIpc) is 2.39. The number of carbonyl (C=O) groups is 1. The summed E-state index contributed by atoms with van der Waals surface area (Å²) in [5.74, 6) is -0.0861. The Morgan fingerprint density at radius 3 is 3.00 bits per heavy atom. The van der Waals surface area contributed by atoms with Crippen LogP contribution in [0, 0.1) is 11.3 Å². The van der Waals surface area contributed by atoms with Gasteiger partial charge in [0.1, 0.15) is 11.8 Å². The second-order valence-corrected chi connectivity index (χ2v) is 3.80. The molecule has 0 bridgehead atoms. The minimum Gasteiger partial charge on any atom is -0.481 e. The summed E-state index contributed by atoms with van der Waals surface area (Å²) in [6.07, 6.45) is 2.88. The van der Waals surface area contributed by atoms with E-state index in [9.17, 15) is 4.79 Å². The third-order valence-electron chi connectivity index (χ3n) is 2.39. The summed E-state index contributed by atoms with van der Waals surface area (Å²) in [6.45, 7) is 0. The monoisotopic (exact) mass is 254 g/mol. The molecule has 0 unspecified atom stereocenters. The molecule has 0 amide bonds. The first-order chi connectivity index (χ1) is 9.19. The van der Waals surface area contributed by atoms with Gasteiger partial charge in [0, 0.05) is 6.20 Å². The number of aromatic nitrogens is 1. The summed E-state index contributed by atoms with van der Waals surface area (Å²) < 4.78 is 5.54. The fraction of sp³-hybridized carbons (Fsp3) is 0.0714. The number of benzene rings is 1. The van der Waals surface area contributed by atoms with Crippen LogP contribution in [0.4, 0.5) is 0 Å². The van der Waals surface area contributed by atoms with Crippen molar-refractivity contribution in [1.82, 2.24) is 4.98 Å². The lowest BCUT2D eigenvalue weighted by Crippen LogP contribution is -2.00. The molecule has 5 nitrogen and oxygen atoms in total. The lowest BCUT2D eigenvalue weighted by atomic mass is 10.1. The summed E-state index contributed by atoms with van der Waals surface area (Å²) in [5, 5.41) is 17.7. The number of aliphatic carboxylic acids is 1. The van der Waals surface area contributed by atoms with E-state index in [0.29, 0.717) is 22.6 Å². The third kappa shape index (κ3) is 3.30. The number of pyridine rings is 1. The Bertz CT molecular complexity index is 647. The summed E-state index contributed by atoms with van der Waals surface area (Å²) in [6, 6.07) is 10.3. The van der Waals surface area contributed by atoms with Crippen molar-refractivity contribution >= 4 is 5.97 Å². The van der Waals surface area contributed by atoms with Gasteiger partial charge in [-0.15, -0.1) is 0 Å². The van der Waals surface area contributed by atoms with Crippen LogP contribution in [-0.2, 0) is 11.2 Å². The zero-order valence-corrected chi connectivity index (χ0v) is 9.91. The van der Waals surface area contributed by atoms with Crippen LogP contribution in [0.2, 0.25) is 0 Å². The van der Waals surface area contributed by atoms with Gasteiger partial charge < -0.3 is 9.84 Å². The van der Waals surface area contributed by atoms with E-state index >= 15 is 0 Å². The van der Waals surface area contributed by atoms with Gasteiger partial charge in [-0.1, -0.05) is 12.1 Å². The summed E-state index contributed by atoms with van der Waals surface area (Å²) in [4.78, 5) is 14.5. The van der Waals surface area contributed by atoms with Crippen LogP contribution in [0.25, 0.3) is 0 Å². The standard InChI is InChI=1S/C14H10N2O3/c15-8-11-4-5-16-9-13(11)19-12-3-1-2-10(6-12)7-14(17)18/h1-6,9H,7H2,(H,17,18). The number of carboxylic acid groups (broad SMARTS) is 1. The minimum atomic E-state index is -0.906. The van der Waals surface area contributed by atoms with Gasteiger partial charge in [-0.3, -0.25) is 9.78 Å². The molecule has 0 aliphatic heterocycles. The molecule has 0 atom stereocenters. The van der Waals surface area contributed by atoms with Gasteiger partial charge in [0.15, 0.2) is 5.75 Å². The number of hydrogen-bond donors (Lipinski definition) is 1. The first-order valence-electron chi connectivity index (χ1n) is 5.52. The Morgan fingerprint density at radius 2 is 2.26 bits per heavy atom. The lowest BCUT2D eigenvalue weighted by Gasteiger charge is -2.07. The molecule has 19 heavy (non-hydrogen) atoms. The predicted octanol–water partition coefficient (Wildman–Crippen LogP) is 2.37. The van der Waals surface area contributed by atoms with Gasteiger partial charge in [-0.25, -0.2) is 0 Å². The average molecular weight is 254 g/mol. The minimum absolute atomic E-state index is 0.0741. The molecule has 0 spiro atoms. The zero-order chi connectivity index (χ0) is 13.7. The molecule has 0 aliphatic carbocycles. The Kier molecular flexibility index (Phi) is 3.74. The Balaban J connectivity index is 2.24. The highest BCUT2D eigenvalue weighted by Crippen LogP contribution is 2.24. The van der Waals surface area contributed by atoms with E-state index in [1.54, 1.807) is 30.3 Å². The second kappa shape index (κ2) is 5.65. The van der Waals surface area contributed by atoms with Crippen LogP contribution >= 0.6 is 0 Å². The maximum atomic E-state index is 10.6. The van der Waals surface area contributed by atoms with E-state index in [1.165, 1.54) is 12.4 Å². The van der Waals surface area contributed by atoms with Crippen molar-refractivity contribution in [2.24, 2.45) is 0 Å². The summed E-state index contributed by atoms with van der Waals surface area (Å²) in [7, 11) is 0. The normalized spacial score (nSPS) is 9.63. The number of carboxylic acids is 1. The lowest BCUT2D eigenvalue weighted by molar-refractivity contribution is -0.136. The maximum absolute atomic E-state index is 10.6. The molecule has 94 valence electrons. The fourth-order valence-electron chi connectivity index (χ4n) is 1.57. The van der Waals surface area contributed by atoms with Crippen molar-refractivity contribution in [1.29, 1.82) is 5.26 Å². The number of nitriles is 1. The van der Waals surface area contributed by atoms with Crippen LogP contribution in [0.3, 0.4) is 0 Å². The molecule has 1 N–H and O–H groups in total. The van der Waals surface area contributed by atoms with E-state index in [0.717, 1.165) is 0 Å². The van der Waals surface area contributed by atoms with Crippen molar-refractivity contribution in [3.8, 4) is 17.6 Å². The smallest absolute Gasteiger partial charge is 0.307 e. The largest absolute Gasteiger partial charge is 0.481 e. The highest BCUT2D eigenvalue weighted by molar-refractivity contribution is 5.70. The molecule has 0 radical (unpaired) electrons. The second-order valence-electron chi connectivity index (χ2n) is 3.80. The van der Waals surface area contributed by atoms with Crippen molar-refractivity contribution in [2.75, 3.05) is 0 Å². The molecule has 1 heterocycles. The Hall–Kier alpha value is -2.87. The topological polar surface area (TPSA) is 83.2 Å². The molecule has 2 aromatic rings. The molecule has 0 saturated heterocycles. The molecule has 1 aromatic carbocycles. The van der Waals surface area contributed by atoms with Gasteiger partial charge in [0.2, 0.25) is 0 Å². The van der Waals surface area contributed by atoms with E-state index in [-0.39, 0.29) is 6.42 Å². The molecule has 1 aromatic heterocycles. The predicted molar refractivity (Wildman–Crippen MR) is 66.8 cm³/mol. The van der Waals surface area contributed by atoms with E-state index in [4.69, 9.17) is 15.1 Å². The molecule has 0 saturated carbocycles. The molecule has 2 rings (SSSR count). The van der Waals surface area contributed by atoms with E-state index < -0.39 is 5.97 Å². The number of hydrogen-bond acceptors (Lipinski definition) is 4. The summed E-state index contributed by atoms with van der Waals surface area (Å²) in [5.41, 5.74) is 1.01. The van der Waals surface area contributed by atoms with Crippen LogP contribution in [0.5, 0.6) is 11.5 Å². The first-order valence-corrected chi connectivity index (χ1v) is 5.52. The Morgan fingerprint density at radius 1 is 1.42 bits per heavy atom. The zero-order valence-electron chi connectivity index (χ0n) is 9.91. The highest BCUT2D eigenvalue weighted by atomic mass is 16.5. The Labute approximate surface area is 109 Å². The molecular formula is C14H10N2O3. The van der Waals surface area contributed by atoms with Crippen LogP contribution in [0.15, 0.2) is 42.7 Å². The molecule has 0 fully saturated rings. The summed E-state index contributed by atoms with van der Waals surface area (Å²) >= 11 is 0. The van der Waals surface area contributed by atoms with Gasteiger partial charge in [0.25, 0.3) is 0 Å². The van der Waals surface area contributed by atoms with Crippen LogP contribution in [0.1, 0.15) is 11.1 Å². The van der Waals surface area contributed by atoms with Crippen molar-refractivity contribution < 1.29 is 14.6 Å². The van der Waals surface area contributed by atoms with Crippen molar-refractivity contribution in [3.05, 3.63) is 53.9 Å². The number of ether oxygens (including phenoxy) is 1. The highest BCUT2D eigenvalue weighted by Gasteiger charge is 2.06. The van der Waals surface area contributed by atoms with Gasteiger partial charge in [0.05, 0.1) is 18.2 Å². The van der Waals surface area contributed by atoms with E-state index in [2.05, 4.69) is 4.98 Å². The third-order valence-corrected chi connectivity index (χ3v) is 2.39.